The SMILES string of the molecule is O=C(C(=O)c1ccc(Br)s1)c1ccc(Br)s1. The Kier molecular flexibility index (Phi) is 3.73. The van der Waals surface area contributed by atoms with E-state index in [0.717, 1.165) is 7.57 Å². The summed E-state index contributed by atoms with van der Waals surface area (Å²) in [6.07, 6.45) is 0. The molecular weight excluding hydrogens is 376 g/mol. The van der Waals surface area contributed by atoms with Gasteiger partial charge in [0, 0.05) is 0 Å². The summed E-state index contributed by atoms with van der Waals surface area (Å²) in [5.41, 5.74) is 0. The molecule has 0 amide bonds. The molecule has 2 rings (SSSR count). The molecule has 0 bridgehead atoms. The van der Waals surface area contributed by atoms with Gasteiger partial charge < -0.3 is 0 Å². The van der Waals surface area contributed by atoms with Crippen LogP contribution in [0.25, 0.3) is 0 Å². The molecule has 0 aliphatic carbocycles. The molecule has 0 N–H and O–H groups in total. The van der Waals surface area contributed by atoms with Crippen LogP contribution in [0.5, 0.6) is 0 Å². The molecule has 0 saturated heterocycles. The zero-order chi connectivity index (χ0) is 11.7. The van der Waals surface area contributed by atoms with E-state index in [9.17, 15) is 9.59 Å². The predicted molar refractivity (Wildman–Crippen MR) is 72.7 cm³/mol. The quantitative estimate of drug-likeness (QED) is 0.585. The minimum atomic E-state index is -0.454. The van der Waals surface area contributed by atoms with E-state index >= 15 is 0 Å². The lowest BCUT2D eigenvalue weighted by Crippen LogP contribution is -2.11. The standard InChI is InChI=1S/C10H4Br2O2S2/c11-7-3-1-5(15-7)9(13)10(14)6-2-4-8(12)16-6/h1-4H. The first-order valence-electron chi connectivity index (χ1n) is 4.17. The molecular formula is C10H4Br2O2S2. The summed E-state index contributed by atoms with van der Waals surface area (Å²) in [5.74, 6) is -0.907. The largest absolute Gasteiger partial charge is 0.284 e. The Hall–Kier alpha value is -0.300. The van der Waals surface area contributed by atoms with Crippen molar-refractivity contribution in [1.29, 1.82) is 0 Å². The van der Waals surface area contributed by atoms with E-state index in [1.54, 1.807) is 24.3 Å². The van der Waals surface area contributed by atoms with Crippen LogP contribution >= 0.6 is 54.5 Å². The van der Waals surface area contributed by atoms with Crippen molar-refractivity contribution in [2.75, 3.05) is 0 Å². The number of carbonyl (C=O) groups is 2. The maximum atomic E-state index is 11.8. The minimum Gasteiger partial charge on any atom is -0.284 e. The molecule has 0 aromatic carbocycles. The predicted octanol–water partition coefficient (Wildman–Crippen LogP) is 4.40. The number of hydrogen-bond donors (Lipinski definition) is 0. The molecule has 16 heavy (non-hydrogen) atoms. The maximum absolute atomic E-state index is 11.8. The Balaban J connectivity index is 2.26. The highest BCUT2D eigenvalue weighted by atomic mass is 79.9. The second-order valence-electron chi connectivity index (χ2n) is 2.87. The molecule has 0 aliphatic rings. The van der Waals surface area contributed by atoms with Crippen molar-refractivity contribution >= 4 is 66.1 Å². The lowest BCUT2D eigenvalue weighted by Gasteiger charge is -1.93. The minimum absolute atomic E-state index is 0.454. The molecule has 0 saturated carbocycles. The fraction of sp³-hybridized carbons (Fsp3) is 0. The third-order valence-corrected chi connectivity index (χ3v) is 5.05. The Labute approximate surface area is 117 Å². The summed E-state index contributed by atoms with van der Waals surface area (Å²) in [6, 6.07) is 6.82. The van der Waals surface area contributed by atoms with Gasteiger partial charge in [-0.1, -0.05) is 0 Å². The number of carbonyl (C=O) groups excluding carboxylic acids is 2. The van der Waals surface area contributed by atoms with Gasteiger partial charge in [-0.15, -0.1) is 22.7 Å². The highest BCUT2D eigenvalue weighted by Gasteiger charge is 2.21. The van der Waals surface area contributed by atoms with Crippen LogP contribution in [0.4, 0.5) is 0 Å². The van der Waals surface area contributed by atoms with Gasteiger partial charge in [-0.3, -0.25) is 9.59 Å². The number of rotatable bonds is 3. The Bertz CT molecular complexity index is 506. The molecule has 2 heterocycles. The van der Waals surface area contributed by atoms with E-state index in [2.05, 4.69) is 31.9 Å². The maximum Gasteiger partial charge on any atom is 0.244 e. The van der Waals surface area contributed by atoms with E-state index < -0.39 is 11.6 Å². The van der Waals surface area contributed by atoms with E-state index in [0.29, 0.717) is 9.75 Å². The van der Waals surface area contributed by atoms with Crippen molar-refractivity contribution in [3.63, 3.8) is 0 Å². The van der Waals surface area contributed by atoms with Crippen molar-refractivity contribution < 1.29 is 9.59 Å². The smallest absolute Gasteiger partial charge is 0.244 e. The second-order valence-corrected chi connectivity index (χ2v) is 7.79. The van der Waals surface area contributed by atoms with Crippen LogP contribution in [0, 0.1) is 0 Å². The van der Waals surface area contributed by atoms with Crippen LogP contribution in [0.2, 0.25) is 0 Å². The normalized spacial score (nSPS) is 10.4. The van der Waals surface area contributed by atoms with Gasteiger partial charge in [0.2, 0.25) is 11.6 Å². The van der Waals surface area contributed by atoms with Crippen LogP contribution < -0.4 is 0 Å². The Morgan fingerprint density at radius 1 is 0.812 bits per heavy atom. The average Bonchev–Trinajstić information content (AvgIpc) is 2.85. The highest BCUT2D eigenvalue weighted by Crippen LogP contribution is 2.26. The molecule has 0 spiro atoms. The van der Waals surface area contributed by atoms with Crippen LogP contribution in [0.3, 0.4) is 0 Å². The van der Waals surface area contributed by atoms with Crippen molar-refractivity contribution in [3.8, 4) is 0 Å². The van der Waals surface area contributed by atoms with Gasteiger partial charge in [-0.2, -0.15) is 0 Å². The van der Waals surface area contributed by atoms with Gasteiger partial charge in [0.1, 0.15) is 0 Å². The molecule has 82 valence electrons. The molecule has 0 fully saturated rings. The van der Waals surface area contributed by atoms with E-state index in [1.807, 2.05) is 0 Å². The van der Waals surface area contributed by atoms with Gasteiger partial charge in [0.25, 0.3) is 0 Å². The molecule has 0 atom stereocenters. The summed E-state index contributed by atoms with van der Waals surface area (Å²) in [5, 5.41) is 0. The number of ketones is 2. The summed E-state index contributed by atoms with van der Waals surface area (Å²) >= 11 is 9.05. The monoisotopic (exact) mass is 378 g/mol. The first kappa shape index (κ1) is 12.2. The summed E-state index contributed by atoms with van der Waals surface area (Å²) in [6.45, 7) is 0. The first-order valence-corrected chi connectivity index (χ1v) is 7.39. The number of thiophene rings is 2. The molecule has 2 nitrogen and oxygen atoms in total. The van der Waals surface area contributed by atoms with Gasteiger partial charge >= 0.3 is 0 Å². The lowest BCUT2D eigenvalue weighted by atomic mass is 10.2. The number of Topliss-reactive ketones (excluding diaryl/α,β-unsaturated/α-hetero) is 2. The molecule has 2 aromatic rings. The van der Waals surface area contributed by atoms with Gasteiger partial charge in [0.05, 0.1) is 17.3 Å². The van der Waals surface area contributed by atoms with E-state index in [-0.39, 0.29) is 0 Å². The third kappa shape index (κ3) is 2.51. The lowest BCUT2D eigenvalue weighted by molar-refractivity contribution is 0.0821. The van der Waals surface area contributed by atoms with Crippen LogP contribution in [0.15, 0.2) is 31.8 Å². The molecule has 6 heteroatoms. The van der Waals surface area contributed by atoms with Gasteiger partial charge in [-0.05, 0) is 56.1 Å². The van der Waals surface area contributed by atoms with Crippen molar-refractivity contribution in [1.82, 2.24) is 0 Å². The zero-order valence-electron chi connectivity index (χ0n) is 7.70. The van der Waals surface area contributed by atoms with Crippen LogP contribution in [0.1, 0.15) is 19.3 Å². The van der Waals surface area contributed by atoms with E-state index in [1.165, 1.54) is 22.7 Å². The van der Waals surface area contributed by atoms with E-state index in [4.69, 9.17) is 0 Å². The highest BCUT2D eigenvalue weighted by molar-refractivity contribution is 9.11. The number of halogens is 2. The Morgan fingerprint density at radius 3 is 1.44 bits per heavy atom. The summed E-state index contributed by atoms with van der Waals surface area (Å²) in [4.78, 5) is 24.5. The topological polar surface area (TPSA) is 34.1 Å². The number of hydrogen-bond acceptors (Lipinski definition) is 4. The third-order valence-electron chi connectivity index (χ3n) is 1.80. The van der Waals surface area contributed by atoms with Crippen LogP contribution in [-0.4, -0.2) is 11.6 Å². The van der Waals surface area contributed by atoms with Crippen LogP contribution in [-0.2, 0) is 0 Å². The average molecular weight is 380 g/mol. The van der Waals surface area contributed by atoms with Crippen molar-refractivity contribution in [2.24, 2.45) is 0 Å². The Morgan fingerprint density at radius 2 is 1.19 bits per heavy atom. The zero-order valence-corrected chi connectivity index (χ0v) is 12.5. The molecule has 0 aliphatic heterocycles. The summed E-state index contributed by atoms with van der Waals surface area (Å²) in [7, 11) is 0. The van der Waals surface area contributed by atoms with Gasteiger partial charge in [0.15, 0.2) is 0 Å². The fourth-order valence-electron chi connectivity index (χ4n) is 1.10. The van der Waals surface area contributed by atoms with Crippen molar-refractivity contribution in [3.05, 3.63) is 41.6 Å². The summed E-state index contributed by atoms with van der Waals surface area (Å²) < 4.78 is 1.69. The molecule has 0 unspecified atom stereocenters. The van der Waals surface area contributed by atoms with Gasteiger partial charge in [-0.25, -0.2) is 0 Å². The second kappa shape index (κ2) is 4.91. The fourth-order valence-corrected chi connectivity index (χ4v) is 3.74. The molecule has 0 radical (unpaired) electrons. The molecule has 2 aromatic heterocycles. The van der Waals surface area contributed by atoms with Crippen molar-refractivity contribution in [2.45, 2.75) is 0 Å². The first-order chi connectivity index (χ1) is 7.58.